The van der Waals surface area contributed by atoms with Gasteiger partial charge in [-0.05, 0) is 55.6 Å². The zero-order valence-corrected chi connectivity index (χ0v) is 12.9. The van der Waals surface area contributed by atoms with Crippen molar-refractivity contribution in [2.45, 2.75) is 6.04 Å². The van der Waals surface area contributed by atoms with Crippen molar-refractivity contribution in [2.24, 2.45) is 5.84 Å². The average Bonchev–Trinajstić information content (AvgIpc) is 2.64. The number of nitrogens with one attached hydrogen (secondary N) is 1. The van der Waals surface area contributed by atoms with Crippen LogP contribution in [0, 0.1) is 11.6 Å². The van der Waals surface area contributed by atoms with Gasteiger partial charge < -0.3 is 0 Å². The molecule has 0 amide bonds. The van der Waals surface area contributed by atoms with Crippen molar-refractivity contribution >= 4 is 43.2 Å². The Balaban J connectivity index is 2.45. The van der Waals surface area contributed by atoms with Gasteiger partial charge in [-0.25, -0.2) is 14.2 Å². The normalized spacial score (nSPS) is 12.7. The largest absolute Gasteiger partial charge is 0.271 e. The van der Waals surface area contributed by atoms with E-state index in [4.69, 9.17) is 5.84 Å². The predicted octanol–water partition coefficient (Wildman–Crippen LogP) is 4.10. The molecule has 0 bridgehead atoms. The van der Waals surface area contributed by atoms with E-state index in [1.54, 1.807) is 0 Å². The molecule has 1 aromatic heterocycles. The number of benzene rings is 1. The van der Waals surface area contributed by atoms with Crippen molar-refractivity contribution < 1.29 is 8.78 Å². The van der Waals surface area contributed by atoms with Crippen LogP contribution in [0.1, 0.15) is 17.2 Å². The molecule has 0 saturated carbocycles. The van der Waals surface area contributed by atoms with Gasteiger partial charge in [0.1, 0.15) is 0 Å². The van der Waals surface area contributed by atoms with Crippen molar-refractivity contribution in [3.63, 3.8) is 0 Å². The van der Waals surface area contributed by atoms with Gasteiger partial charge in [0.15, 0.2) is 11.6 Å². The maximum atomic E-state index is 13.2. The summed E-state index contributed by atoms with van der Waals surface area (Å²) >= 11 is 8.26. The molecule has 0 spiro atoms. The zero-order valence-electron chi connectivity index (χ0n) is 8.88. The van der Waals surface area contributed by atoms with E-state index < -0.39 is 17.7 Å². The van der Waals surface area contributed by atoms with Gasteiger partial charge in [0.2, 0.25) is 0 Å². The lowest BCUT2D eigenvalue weighted by atomic mass is 10.0. The lowest BCUT2D eigenvalue weighted by Gasteiger charge is -2.16. The van der Waals surface area contributed by atoms with Crippen molar-refractivity contribution in [3.05, 3.63) is 54.6 Å². The summed E-state index contributed by atoms with van der Waals surface area (Å²) in [5.41, 5.74) is 4.02. The van der Waals surface area contributed by atoms with E-state index in [1.165, 1.54) is 17.4 Å². The smallest absolute Gasteiger partial charge is 0.159 e. The van der Waals surface area contributed by atoms with E-state index in [-0.39, 0.29) is 0 Å². The molecule has 0 aliphatic carbocycles. The Morgan fingerprint density at radius 2 is 1.89 bits per heavy atom. The van der Waals surface area contributed by atoms with Crippen LogP contribution in [-0.4, -0.2) is 0 Å². The molecule has 3 N–H and O–H groups in total. The van der Waals surface area contributed by atoms with Crippen molar-refractivity contribution in [1.29, 1.82) is 0 Å². The first-order valence-corrected chi connectivity index (χ1v) is 7.29. The third kappa shape index (κ3) is 2.80. The molecular weight excluding hydrogens is 390 g/mol. The third-order valence-corrected chi connectivity index (χ3v) is 4.82. The molecule has 0 saturated heterocycles. The number of rotatable bonds is 3. The summed E-state index contributed by atoms with van der Waals surface area (Å²) in [6.45, 7) is 0. The highest BCUT2D eigenvalue weighted by Gasteiger charge is 2.19. The van der Waals surface area contributed by atoms with Gasteiger partial charge in [-0.2, -0.15) is 0 Å². The fourth-order valence-electron chi connectivity index (χ4n) is 1.61. The fraction of sp³-hybridized carbons (Fsp3) is 0.0909. The zero-order chi connectivity index (χ0) is 13.3. The second kappa shape index (κ2) is 5.75. The van der Waals surface area contributed by atoms with Gasteiger partial charge >= 0.3 is 0 Å². The minimum Gasteiger partial charge on any atom is -0.271 e. The maximum absolute atomic E-state index is 13.2. The van der Waals surface area contributed by atoms with Crippen LogP contribution in [-0.2, 0) is 0 Å². The van der Waals surface area contributed by atoms with E-state index in [2.05, 4.69) is 37.3 Å². The van der Waals surface area contributed by atoms with Gasteiger partial charge in [-0.15, -0.1) is 11.3 Å². The average molecular weight is 398 g/mol. The molecule has 2 rings (SSSR count). The van der Waals surface area contributed by atoms with Crippen molar-refractivity contribution in [2.75, 3.05) is 0 Å². The molecule has 0 radical (unpaired) electrons. The van der Waals surface area contributed by atoms with Crippen molar-refractivity contribution in [3.8, 4) is 0 Å². The maximum Gasteiger partial charge on any atom is 0.159 e. The first-order chi connectivity index (χ1) is 8.52. The quantitative estimate of drug-likeness (QED) is 0.604. The molecule has 1 aromatic carbocycles. The molecule has 2 aromatic rings. The van der Waals surface area contributed by atoms with Gasteiger partial charge in [0, 0.05) is 5.56 Å². The van der Waals surface area contributed by atoms with Crippen LogP contribution in [0.4, 0.5) is 8.78 Å². The molecular formula is C11H8Br2F2N2S. The Kier molecular flexibility index (Phi) is 4.50. The topological polar surface area (TPSA) is 38.0 Å². The van der Waals surface area contributed by atoms with Crippen LogP contribution in [0.5, 0.6) is 0 Å². The highest BCUT2D eigenvalue weighted by atomic mass is 79.9. The van der Waals surface area contributed by atoms with Gasteiger partial charge in [0.05, 0.1) is 13.6 Å². The minimum absolute atomic E-state index is 0.406. The van der Waals surface area contributed by atoms with Crippen molar-refractivity contribution in [1.82, 2.24) is 5.43 Å². The lowest BCUT2D eigenvalue weighted by molar-refractivity contribution is 0.504. The van der Waals surface area contributed by atoms with Crippen LogP contribution in [0.2, 0.25) is 0 Å². The van der Waals surface area contributed by atoms with Gasteiger partial charge in [-0.1, -0.05) is 6.07 Å². The Bertz CT molecular complexity index is 574. The Morgan fingerprint density at radius 1 is 1.17 bits per heavy atom. The monoisotopic (exact) mass is 396 g/mol. The van der Waals surface area contributed by atoms with E-state index >= 15 is 0 Å². The Labute approximate surface area is 123 Å². The summed E-state index contributed by atoms with van der Waals surface area (Å²) in [6, 6.07) is 5.20. The number of hydrogen-bond donors (Lipinski definition) is 2. The first-order valence-electron chi connectivity index (χ1n) is 4.88. The Morgan fingerprint density at radius 3 is 2.39 bits per heavy atom. The third-order valence-electron chi connectivity index (χ3n) is 2.44. The van der Waals surface area contributed by atoms with E-state index in [0.717, 1.165) is 25.3 Å². The summed E-state index contributed by atoms with van der Waals surface area (Å²) < 4.78 is 27.9. The molecule has 2 nitrogen and oxygen atoms in total. The lowest BCUT2D eigenvalue weighted by Crippen LogP contribution is -2.28. The number of hydrogen-bond acceptors (Lipinski definition) is 3. The number of nitrogens with two attached hydrogens (primary N) is 1. The fourth-order valence-corrected chi connectivity index (χ4v) is 4.51. The van der Waals surface area contributed by atoms with Crippen LogP contribution >= 0.6 is 43.2 Å². The molecule has 1 unspecified atom stereocenters. The second-order valence-corrected chi connectivity index (χ2v) is 7.30. The second-order valence-electron chi connectivity index (χ2n) is 3.55. The first kappa shape index (κ1) is 14.1. The summed E-state index contributed by atoms with van der Waals surface area (Å²) in [7, 11) is 0. The van der Waals surface area contributed by atoms with Crippen LogP contribution in [0.25, 0.3) is 0 Å². The van der Waals surface area contributed by atoms with E-state index in [0.29, 0.717) is 5.56 Å². The highest BCUT2D eigenvalue weighted by molar-refractivity contribution is 9.12. The summed E-state index contributed by atoms with van der Waals surface area (Å²) in [5, 5.41) is 0. The molecule has 7 heteroatoms. The molecule has 0 aliphatic heterocycles. The predicted molar refractivity (Wildman–Crippen MR) is 75.2 cm³/mol. The SMILES string of the molecule is NNC(c1ccc(F)c(F)c1)c1cc(Br)sc1Br. The molecule has 18 heavy (non-hydrogen) atoms. The van der Waals surface area contributed by atoms with E-state index in [9.17, 15) is 8.78 Å². The van der Waals surface area contributed by atoms with Crippen LogP contribution in [0.3, 0.4) is 0 Å². The van der Waals surface area contributed by atoms with Crippen LogP contribution < -0.4 is 11.3 Å². The molecule has 0 fully saturated rings. The van der Waals surface area contributed by atoms with Crippen LogP contribution in [0.15, 0.2) is 31.8 Å². The molecule has 1 heterocycles. The standard InChI is InChI=1S/C11H8Br2F2N2S/c12-9-4-6(11(13)18-9)10(17-16)5-1-2-7(14)8(15)3-5/h1-4,10,17H,16H2. The summed E-state index contributed by atoms with van der Waals surface area (Å²) in [6.07, 6.45) is 0. The number of hydrazine groups is 1. The number of thiophene rings is 1. The summed E-state index contributed by atoms with van der Waals surface area (Å²) in [5.74, 6) is 3.74. The van der Waals surface area contributed by atoms with Gasteiger partial charge in [0.25, 0.3) is 0 Å². The minimum atomic E-state index is -0.891. The molecule has 0 aliphatic rings. The summed E-state index contributed by atoms with van der Waals surface area (Å²) in [4.78, 5) is 0. The Hall–Kier alpha value is -0.340. The van der Waals surface area contributed by atoms with E-state index in [1.807, 2.05) is 6.07 Å². The van der Waals surface area contributed by atoms with Gasteiger partial charge in [-0.3, -0.25) is 5.84 Å². The molecule has 1 atom stereocenters. The molecule has 96 valence electrons. The number of halogens is 4. The highest BCUT2D eigenvalue weighted by Crippen LogP contribution is 2.37.